The van der Waals surface area contributed by atoms with Gasteiger partial charge in [0.25, 0.3) is 11.1 Å². The monoisotopic (exact) mass is 416 g/mol. The van der Waals surface area contributed by atoms with Crippen molar-refractivity contribution in [2.75, 3.05) is 26.3 Å². The zero-order valence-electron chi connectivity index (χ0n) is 16.7. The molecular weight excluding hydrogens is 392 g/mol. The van der Waals surface area contributed by atoms with Crippen molar-refractivity contribution in [1.29, 1.82) is 0 Å². The largest absolute Gasteiger partial charge is 0.490 e. The fraction of sp³-hybridized carbons (Fsp3) is 0.381. The van der Waals surface area contributed by atoms with Crippen LogP contribution in [0.1, 0.15) is 26.3 Å². The van der Waals surface area contributed by atoms with Crippen LogP contribution in [-0.2, 0) is 9.59 Å². The molecule has 0 bridgehead atoms. The molecule has 1 saturated heterocycles. The topological polar surface area (TPSA) is 84.9 Å². The smallest absolute Gasteiger partial charge is 0.294 e. The predicted octanol–water partition coefficient (Wildman–Crippen LogP) is 2.91. The van der Waals surface area contributed by atoms with Gasteiger partial charge in [0.2, 0.25) is 5.91 Å². The van der Waals surface area contributed by atoms with Gasteiger partial charge in [-0.05, 0) is 48.4 Å². The van der Waals surface area contributed by atoms with Crippen LogP contribution in [0.15, 0.2) is 23.1 Å². The number of thioether (sulfide) groups is 1. The van der Waals surface area contributed by atoms with Crippen molar-refractivity contribution in [2.24, 2.45) is 5.92 Å². The Morgan fingerprint density at radius 3 is 2.72 bits per heavy atom. The van der Waals surface area contributed by atoms with E-state index in [1.54, 1.807) is 24.3 Å². The standard InChI is InChI=1S/C21H24N2O5S/c1-5-9-28-16-8-7-15(10-17(16)27-6-2)11-18-20(25)23(21(26)29-18)13-19(24)22-12-14(3)4/h1,7-8,10-11,14H,6,9,12-13H2,2-4H3,(H,22,24)/b18-11-. The van der Waals surface area contributed by atoms with Gasteiger partial charge in [0.15, 0.2) is 11.5 Å². The Labute approximate surface area is 174 Å². The second-order valence-corrected chi connectivity index (χ2v) is 7.59. The van der Waals surface area contributed by atoms with E-state index in [4.69, 9.17) is 15.9 Å². The minimum Gasteiger partial charge on any atom is -0.490 e. The summed E-state index contributed by atoms with van der Waals surface area (Å²) in [4.78, 5) is 37.9. The van der Waals surface area contributed by atoms with E-state index < -0.39 is 11.1 Å². The zero-order chi connectivity index (χ0) is 21.4. The molecule has 0 aliphatic carbocycles. The summed E-state index contributed by atoms with van der Waals surface area (Å²) in [5, 5.41) is 2.23. The Hall–Kier alpha value is -2.92. The number of ether oxygens (including phenoxy) is 2. The molecule has 0 aromatic heterocycles. The quantitative estimate of drug-likeness (QED) is 0.492. The number of imide groups is 1. The lowest BCUT2D eigenvalue weighted by Gasteiger charge is -2.13. The molecule has 1 aliphatic rings. The molecule has 3 amide bonds. The van der Waals surface area contributed by atoms with Gasteiger partial charge in [0.1, 0.15) is 13.2 Å². The maximum absolute atomic E-state index is 12.6. The van der Waals surface area contributed by atoms with E-state index in [1.165, 1.54) is 0 Å². The number of benzene rings is 1. The van der Waals surface area contributed by atoms with Gasteiger partial charge in [0.05, 0.1) is 11.5 Å². The van der Waals surface area contributed by atoms with Crippen molar-refractivity contribution in [2.45, 2.75) is 20.8 Å². The van der Waals surface area contributed by atoms with Gasteiger partial charge in [-0.25, -0.2) is 0 Å². The number of carbonyl (C=O) groups excluding carboxylic acids is 3. The van der Waals surface area contributed by atoms with E-state index in [2.05, 4.69) is 11.2 Å². The Kier molecular flexibility index (Phi) is 8.16. The van der Waals surface area contributed by atoms with Crippen molar-refractivity contribution < 1.29 is 23.9 Å². The highest BCUT2D eigenvalue weighted by atomic mass is 32.2. The van der Waals surface area contributed by atoms with Gasteiger partial charge < -0.3 is 14.8 Å². The van der Waals surface area contributed by atoms with Gasteiger partial charge in [0, 0.05) is 6.54 Å². The average Bonchev–Trinajstić information content (AvgIpc) is 2.93. The summed E-state index contributed by atoms with van der Waals surface area (Å²) < 4.78 is 11.0. The van der Waals surface area contributed by atoms with Crippen molar-refractivity contribution in [3.63, 3.8) is 0 Å². The van der Waals surface area contributed by atoms with Crippen LogP contribution in [0.2, 0.25) is 0 Å². The van der Waals surface area contributed by atoms with Gasteiger partial charge >= 0.3 is 0 Å². The summed E-state index contributed by atoms with van der Waals surface area (Å²) in [6, 6.07) is 5.13. The van der Waals surface area contributed by atoms with Crippen molar-refractivity contribution >= 4 is 34.9 Å². The number of nitrogens with one attached hydrogen (secondary N) is 1. The lowest BCUT2D eigenvalue weighted by atomic mass is 10.2. The molecule has 29 heavy (non-hydrogen) atoms. The third kappa shape index (κ3) is 6.29. The Morgan fingerprint density at radius 1 is 1.31 bits per heavy atom. The van der Waals surface area contributed by atoms with E-state index in [1.807, 2.05) is 20.8 Å². The average molecular weight is 416 g/mol. The predicted molar refractivity (Wildman–Crippen MR) is 112 cm³/mol. The molecule has 1 aliphatic heterocycles. The maximum atomic E-state index is 12.6. The van der Waals surface area contributed by atoms with E-state index >= 15 is 0 Å². The van der Waals surface area contributed by atoms with Crippen LogP contribution in [0.4, 0.5) is 4.79 Å². The summed E-state index contributed by atoms with van der Waals surface area (Å²) in [6.45, 7) is 6.49. The number of nitrogens with zero attached hydrogens (tertiary/aromatic N) is 1. The molecule has 0 saturated carbocycles. The summed E-state index contributed by atoms with van der Waals surface area (Å²) in [7, 11) is 0. The SMILES string of the molecule is C#CCOc1ccc(/C=C2\SC(=O)N(CC(=O)NCC(C)C)C2=O)cc1OCC. The van der Waals surface area contributed by atoms with Crippen LogP contribution in [0.25, 0.3) is 6.08 Å². The number of terminal acetylenes is 1. The van der Waals surface area contributed by atoms with Gasteiger partial charge in [-0.2, -0.15) is 0 Å². The number of hydrogen-bond acceptors (Lipinski definition) is 6. The first-order chi connectivity index (χ1) is 13.8. The minimum atomic E-state index is -0.495. The Balaban J connectivity index is 2.15. The molecule has 1 aromatic rings. The van der Waals surface area contributed by atoms with Crippen LogP contribution in [0.3, 0.4) is 0 Å². The van der Waals surface area contributed by atoms with Gasteiger partial charge in [-0.1, -0.05) is 25.8 Å². The summed E-state index contributed by atoms with van der Waals surface area (Å²) in [5.41, 5.74) is 0.663. The van der Waals surface area contributed by atoms with E-state index in [-0.39, 0.29) is 29.9 Å². The molecule has 154 valence electrons. The molecule has 1 N–H and O–H groups in total. The lowest BCUT2D eigenvalue weighted by Crippen LogP contribution is -2.40. The first-order valence-corrected chi connectivity index (χ1v) is 10.0. The van der Waals surface area contributed by atoms with Crippen LogP contribution in [0, 0.1) is 18.3 Å². The van der Waals surface area contributed by atoms with E-state index in [9.17, 15) is 14.4 Å². The molecular formula is C21H24N2O5S. The van der Waals surface area contributed by atoms with E-state index in [0.717, 1.165) is 16.7 Å². The molecule has 1 fully saturated rings. The van der Waals surface area contributed by atoms with Crippen molar-refractivity contribution in [3.8, 4) is 23.8 Å². The third-order valence-electron chi connectivity index (χ3n) is 3.76. The summed E-state index contributed by atoms with van der Waals surface area (Å²) in [5.74, 6) is 2.80. The zero-order valence-corrected chi connectivity index (χ0v) is 17.5. The number of rotatable bonds is 9. The van der Waals surface area contributed by atoms with Crippen LogP contribution in [-0.4, -0.2) is 48.3 Å². The first-order valence-electron chi connectivity index (χ1n) is 9.20. The second kappa shape index (κ2) is 10.6. The Morgan fingerprint density at radius 2 is 2.07 bits per heavy atom. The lowest BCUT2D eigenvalue weighted by molar-refractivity contribution is -0.129. The molecule has 7 nitrogen and oxygen atoms in total. The molecule has 0 unspecified atom stereocenters. The maximum Gasteiger partial charge on any atom is 0.294 e. The van der Waals surface area contributed by atoms with Crippen molar-refractivity contribution in [3.05, 3.63) is 28.7 Å². The normalized spacial score (nSPS) is 15.0. The molecule has 0 atom stereocenters. The fourth-order valence-corrected chi connectivity index (χ4v) is 3.26. The summed E-state index contributed by atoms with van der Waals surface area (Å²) in [6.07, 6.45) is 6.81. The highest BCUT2D eigenvalue weighted by Gasteiger charge is 2.36. The van der Waals surface area contributed by atoms with Gasteiger partial charge in [-0.15, -0.1) is 6.42 Å². The molecule has 1 heterocycles. The second-order valence-electron chi connectivity index (χ2n) is 6.60. The van der Waals surface area contributed by atoms with Crippen LogP contribution >= 0.6 is 11.8 Å². The molecule has 8 heteroatoms. The minimum absolute atomic E-state index is 0.108. The van der Waals surface area contributed by atoms with Crippen molar-refractivity contribution in [1.82, 2.24) is 10.2 Å². The number of amides is 3. The highest BCUT2D eigenvalue weighted by Crippen LogP contribution is 2.34. The molecule has 0 radical (unpaired) electrons. The molecule has 1 aromatic carbocycles. The molecule has 0 spiro atoms. The van der Waals surface area contributed by atoms with Crippen LogP contribution < -0.4 is 14.8 Å². The fourth-order valence-electron chi connectivity index (χ4n) is 2.43. The third-order valence-corrected chi connectivity index (χ3v) is 4.67. The first kappa shape index (κ1) is 22.4. The van der Waals surface area contributed by atoms with E-state index in [0.29, 0.717) is 30.2 Å². The number of hydrogen-bond donors (Lipinski definition) is 1. The Bertz CT molecular complexity index is 857. The highest BCUT2D eigenvalue weighted by molar-refractivity contribution is 8.18. The van der Waals surface area contributed by atoms with Gasteiger partial charge in [-0.3, -0.25) is 19.3 Å². The number of carbonyl (C=O) groups is 3. The van der Waals surface area contributed by atoms with Crippen LogP contribution in [0.5, 0.6) is 11.5 Å². The molecule has 2 rings (SSSR count). The summed E-state index contributed by atoms with van der Waals surface area (Å²) >= 11 is 0.800.